The summed E-state index contributed by atoms with van der Waals surface area (Å²) in [5, 5.41) is 0. The first-order valence-electron chi connectivity index (χ1n) is 6.39. The summed E-state index contributed by atoms with van der Waals surface area (Å²) in [6.45, 7) is 6.39. The standard InChI is InChI=1S/C16H17ClO2S/c1-16(2,3)11-6-4-5-7-13(11)19-10-12(18)14-8-9-15(17)20-14/h4-9H,10H2,1-3H3. The normalized spacial score (nSPS) is 11.4. The van der Waals surface area contributed by atoms with Gasteiger partial charge in [0, 0.05) is 0 Å². The third-order valence-corrected chi connectivity index (χ3v) is 4.17. The van der Waals surface area contributed by atoms with Gasteiger partial charge in [0.15, 0.2) is 6.61 Å². The van der Waals surface area contributed by atoms with Crippen LogP contribution in [-0.2, 0) is 5.41 Å². The number of para-hydroxylation sites is 1. The quantitative estimate of drug-likeness (QED) is 0.746. The molecule has 1 heterocycles. The number of carbonyl (C=O) groups is 1. The molecule has 0 N–H and O–H groups in total. The predicted molar refractivity (Wildman–Crippen MR) is 84.3 cm³/mol. The van der Waals surface area contributed by atoms with E-state index in [1.807, 2.05) is 24.3 Å². The summed E-state index contributed by atoms with van der Waals surface area (Å²) < 4.78 is 6.32. The lowest BCUT2D eigenvalue weighted by molar-refractivity contribution is 0.0924. The average molecular weight is 309 g/mol. The molecule has 0 aliphatic carbocycles. The highest BCUT2D eigenvalue weighted by Gasteiger charge is 2.19. The molecule has 4 heteroatoms. The molecule has 2 nitrogen and oxygen atoms in total. The Hall–Kier alpha value is -1.32. The second-order valence-electron chi connectivity index (χ2n) is 5.56. The Balaban J connectivity index is 2.10. The van der Waals surface area contributed by atoms with Crippen LogP contribution < -0.4 is 4.74 Å². The van der Waals surface area contributed by atoms with Crippen molar-refractivity contribution in [2.75, 3.05) is 6.61 Å². The van der Waals surface area contributed by atoms with E-state index in [1.165, 1.54) is 11.3 Å². The Morgan fingerprint density at radius 2 is 1.90 bits per heavy atom. The van der Waals surface area contributed by atoms with Crippen LogP contribution in [0.3, 0.4) is 0 Å². The second kappa shape index (κ2) is 5.98. The van der Waals surface area contributed by atoms with E-state index in [9.17, 15) is 4.79 Å². The van der Waals surface area contributed by atoms with Gasteiger partial charge < -0.3 is 4.74 Å². The lowest BCUT2D eigenvalue weighted by Gasteiger charge is -2.22. The van der Waals surface area contributed by atoms with E-state index in [4.69, 9.17) is 16.3 Å². The van der Waals surface area contributed by atoms with Crippen molar-refractivity contribution in [2.45, 2.75) is 26.2 Å². The molecule has 1 aromatic heterocycles. The number of hydrogen-bond acceptors (Lipinski definition) is 3. The summed E-state index contributed by atoms with van der Waals surface area (Å²) >= 11 is 7.11. The van der Waals surface area contributed by atoms with Crippen LogP contribution in [-0.4, -0.2) is 12.4 Å². The highest BCUT2D eigenvalue weighted by atomic mass is 35.5. The average Bonchev–Trinajstić information content (AvgIpc) is 2.82. The highest BCUT2D eigenvalue weighted by Crippen LogP contribution is 2.31. The minimum absolute atomic E-state index is 0.0219. The Morgan fingerprint density at radius 3 is 2.50 bits per heavy atom. The molecular formula is C16H17ClO2S. The maximum atomic E-state index is 12.0. The van der Waals surface area contributed by atoms with Crippen molar-refractivity contribution in [3.63, 3.8) is 0 Å². The van der Waals surface area contributed by atoms with Crippen molar-refractivity contribution >= 4 is 28.7 Å². The van der Waals surface area contributed by atoms with Gasteiger partial charge in [-0.3, -0.25) is 4.79 Å². The molecule has 0 fully saturated rings. The molecule has 0 spiro atoms. The van der Waals surface area contributed by atoms with Crippen LogP contribution >= 0.6 is 22.9 Å². The lowest BCUT2D eigenvalue weighted by atomic mass is 9.86. The van der Waals surface area contributed by atoms with Gasteiger partial charge in [-0.2, -0.15) is 0 Å². The van der Waals surface area contributed by atoms with Gasteiger partial charge in [-0.25, -0.2) is 0 Å². The van der Waals surface area contributed by atoms with Gasteiger partial charge in [0.05, 0.1) is 9.21 Å². The van der Waals surface area contributed by atoms with Gasteiger partial charge in [-0.05, 0) is 29.2 Å². The number of rotatable bonds is 4. The van der Waals surface area contributed by atoms with E-state index < -0.39 is 0 Å². The van der Waals surface area contributed by atoms with Crippen LogP contribution in [0.5, 0.6) is 5.75 Å². The molecule has 1 aromatic carbocycles. The van der Waals surface area contributed by atoms with Gasteiger partial charge in [0.1, 0.15) is 5.75 Å². The van der Waals surface area contributed by atoms with Crippen LogP contribution in [0.2, 0.25) is 4.34 Å². The molecule has 0 aliphatic rings. The predicted octanol–water partition coefficient (Wildman–Crippen LogP) is 4.96. The molecule has 0 aliphatic heterocycles. The molecule has 106 valence electrons. The lowest BCUT2D eigenvalue weighted by Crippen LogP contribution is -2.16. The first-order chi connectivity index (χ1) is 9.38. The molecule has 0 amide bonds. The van der Waals surface area contributed by atoms with Gasteiger partial charge >= 0.3 is 0 Å². The fourth-order valence-corrected chi connectivity index (χ4v) is 2.86. The summed E-state index contributed by atoms with van der Waals surface area (Å²) in [5.41, 5.74) is 1.07. The van der Waals surface area contributed by atoms with E-state index in [2.05, 4.69) is 20.8 Å². The van der Waals surface area contributed by atoms with Gasteiger partial charge in [-0.1, -0.05) is 50.6 Å². The Morgan fingerprint density at radius 1 is 1.20 bits per heavy atom. The van der Waals surface area contributed by atoms with Crippen LogP contribution in [0.25, 0.3) is 0 Å². The van der Waals surface area contributed by atoms with E-state index in [-0.39, 0.29) is 17.8 Å². The number of thiophene rings is 1. The summed E-state index contributed by atoms with van der Waals surface area (Å²) in [6.07, 6.45) is 0. The van der Waals surface area contributed by atoms with Crippen molar-refractivity contribution in [1.29, 1.82) is 0 Å². The second-order valence-corrected chi connectivity index (χ2v) is 7.28. The third-order valence-electron chi connectivity index (χ3n) is 2.90. The summed E-state index contributed by atoms with van der Waals surface area (Å²) in [6, 6.07) is 11.3. The van der Waals surface area contributed by atoms with Crippen molar-refractivity contribution < 1.29 is 9.53 Å². The molecule has 0 saturated heterocycles. The monoisotopic (exact) mass is 308 g/mol. The molecule has 0 atom stereocenters. The number of hydrogen-bond donors (Lipinski definition) is 0. The minimum atomic E-state index is -0.0504. The van der Waals surface area contributed by atoms with Crippen molar-refractivity contribution in [2.24, 2.45) is 0 Å². The maximum Gasteiger partial charge on any atom is 0.210 e. The molecule has 0 unspecified atom stereocenters. The Bertz CT molecular complexity index is 611. The Kier molecular flexibility index (Phi) is 4.51. The molecule has 0 bridgehead atoms. The topological polar surface area (TPSA) is 26.3 Å². The van der Waals surface area contributed by atoms with Crippen LogP contribution in [0.15, 0.2) is 36.4 Å². The summed E-state index contributed by atoms with van der Waals surface area (Å²) in [5.74, 6) is 0.710. The molecule has 2 aromatic rings. The fourth-order valence-electron chi connectivity index (χ4n) is 1.89. The minimum Gasteiger partial charge on any atom is -0.485 e. The first kappa shape index (κ1) is 15.1. The van der Waals surface area contributed by atoms with Crippen LogP contribution in [0.4, 0.5) is 0 Å². The van der Waals surface area contributed by atoms with Crippen molar-refractivity contribution in [3.8, 4) is 5.75 Å². The highest BCUT2D eigenvalue weighted by molar-refractivity contribution is 7.18. The molecule has 2 rings (SSSR count). The first-order valence-corrected chi connectivity index (χ1v) is 7.58. The molecule has 0 saturated carbocycles. The van der Waals surface area contributed by atoms with Crippen molar-refractivity contribution in [3.05, 3.63) is 51.2 Å². The van der Waals surface area contributed by atoms with E-state index >= 15 is 0 Å². The smallest absolute Gasteiger partial charge is 0.210 e. The van der Waals surface area contributed by atoms with Crippen molar-refractivity contribution in [1.82, 2.24) is 0 Å². The summed E-state index contributed by atoms with van der Waals surface area (Å²) in [4.78, 5) is 12.6. The van der Waals surface area contributed by atoms with E-state index in [0.717, 1.165) is 11.3 Å². The number of benzene rings is 1. The third kappa shape index (κ3) is 3.62. The van der Waals surface area contributed by atoms with Gasteiger partial charge in [0.2, 0.25) is 5.78 Å². The van der Waals surface area contributed by atoms with Gasteiger partial charge in [0.25, 0.3) is 0 Å². The maximum absolute atomic E-state index is 12.0. The van der Waals surface area contributed by atoms with Gasteiger partial charge in [-0.15, -0.1) is 11.3 Å². The molecule has 20 heavy (non-hydrogen) atoms. The summed E-state index contributed by atoms with van der Waals surface area (Å²) in [7, 11) is 0. The largest absolute Gasteiger partial charge is 0.485 e. The molecule has 0 radical (unpaired) electrons. The zero-order valence-corrected chi connectivity index (χ0v) is 13.3. The van der Waals surface area contributed by atoms with Crippen LogP contribution in [0, 0.1) is 0 Å². The zero-order chi connectivity index (χ0) is 14.8. The van der Waals surface area contributed by atoms with Crippen LogP contribution in [0.1, 0.15) is 36.0 Å². The van der Waals surface area contributed by atoms with E-state index in [0.29, 0.717) is 9.21 Å². The number of halogens is 1. The number of carbonyl (C=O) groups excluding carboxylic acids is 1. The SMILES string of the molecule is CC(C)(C)c1ccccc1OCC(=O)c1ccc(Cl)s1. The number of ether oxygens (including phenoxy) is 1. The number of ketones is 1. The number of Topliss-reactive ketones (excluding diaryl/α,β-unsaturated/α-hetero) is 1. The Labute approximate surface area is 128 Å². The zero-order valence-electron chi connectivity index (χ0n) is 11.8. The van der Waals surface area contributed by atoms with E-state index in [1.54, 1.807) is 12.1 Å². The molecular weight excluding hydrogens is 292 g/mol. The fraction of sp³-hybridized carbons (Fsp3) is 0.312.